The Kier molecular flexibility index (Phi) is 4.12. The van der Waals surface area contributed by atoms with Gasteiger partial charge in [-0.05, 0) is 38.0 Å². The fraction of sp³-hybridized carbons (Fsp3) is 0.429. The molecule has 1 fully saturated rings. The van der Waals surface area contributed by atoms with Gasteiger partial charge < -0.3 is 21.1 Å². The number of carbonyl (C=O) groups is 2. The highest BCUT2D eigenvalue weighted by molar-refractivity contribution is 5.91. The van der Waals surface area contributed by atoms with Crippen LogP contribution in [0.3, 0.4) is 0 Å². The molecular formula is C14H19N3O3. The molecule has 1 aliphatic heterocycles. The second kappa shape index (κ2) is 5.81. The van der Waals surface area contributed by atoms with Crippen LogP contribution < -0.4 is 11.1 Å². The average molecular weight is 277 g/mol. The van der Waals surface area contributed by atoms with Crippen LogP contribution in [0.2, 0.25) is 0 Å². The summed E-state index contributed by atoms with van der Waals surface area (Å²) in [6, 6.07) is 3.99. The fourth-order valence-corrected chi connectivity index (χ4v) is 2.32. The molecule has 108 valence electrons. The first-order valence-electron chi connectivity index (χ1n) is 6.67. The summed E-state index contributed by atoms with van der Waals surface area (Å²) in [5.41, 5.74) is 6.86. The number of carbonyl (C=O) groups excluding carboxylic acids is 1. The highest BCUT2D eigenvalue weighted by Crippen LogP contribution is 2.22. The van der Waals surface area contributed by atoms with Gasteiger partial charge in [-0.1, -0.05) is 0 Å². The van der Waals surface area contributed by atoms with Crippen LogP contribution in [0.1, 0.15) is 30.1 Å². The molecule has 20 heavy (non-hydrogen) atoms. The number of amides is 1. The SMILES string of the molecule is CC(Nc1cc(C(=O)O)ccc1N)C(=O)N1CCCC1. The van der Waals surface area contributed by atoms with Gasteiger partial charge in [0, 0.05) is 13.1 Å². The van der Waals surface area contributed by atoms with E-state index in [-0.39, 0.29) is 11.5 Å². The summed E-state index contributed by atoms with van der Waals surface area (Å²) in [6.45, 7) is 3.33. The van der Waals surface area contributed by atoms with Crippen molar-refractivity contribution >= 4 is 23.3 Å². The minimum Gasteiger partial charge on any atom is -0.478 e. The normalized spacial score (nSPS) is 15.9. The van der Waals surface area contributed by atoms with Crippen molar-refractivity contribution in [2.45, 2.75) is 25.8 Å². The number of aromatic carboxylic acids is 1. The Labute approximate surface area is 117 Å². The molecule has 0 saturated carbocycles. The van der Waals surface area contributed by atoms with Gasteiger partial charge in [-0.25, -0.2) is 4.79 Å². The number of carboxylic acid groups (broad SMARTS) is 1. The van der Waals surface area contributed by atoms with E-state index in [2.05, 4.69) is 5.32 Å². The van der Waals surface area contributed by atoms with Crippen LogP contribution in [0, 0.1) is 0 Å². The van der Waals surface area contributed by atoms with Gasteiger partial charge in [-0.15, -0.1) is 0 Å². The molecule has 0 bridgehead atoms. The Morgan fingerprint density at radius 2 is 2.00 bits per heavy atom. The third-order valence-electron chi connectivity index (χ3n) is 3.46. The first-order valence-corrected chi connectivity index (χ1v) is 6.67. The van der Waals surface area contributed by atoms with Gasteiger partial charge in [0.15, 0.2) is 0 Å². The number of anilines is 2. The molecule has 0 radical (unpaired) electrons. The molecule has 6 nitrogen and oxygen atoms in total. The minimum absolute atomic E-state index is 0.0163. The predicted molar refractivity (Wildman–Crippen MR) is 76.7 cm³/mol. The van der Waals surface area contributed by atoms with Crippen LogP contribution in [0.25, 0.3) is 0 Å². The van der Waals surface area contributed by atoms with Crippen molar-refractivity contribution in [2.75, 3.05) is 24.1 Å². The number of nitrogens with two attached hydrogens (primary N) is 1. The van der Waals surface area contributed by atoms with E-state index in [9.17, 15) is 9.59 Å². The van der Waals surface area contributed by atoms with E-state index in [0.717, 1.165) is 25.9 Å². The van der Waals surface area contributed by atoms with Gasteiger partial charge in [0.1, 0.15) is 6.04 Å². The summed E-state index contributed by atoms with van der Waals surface area (Å²) >= 11 is 0. The van der Waals surface area contributed by atoms with E-state index in [1.54, 1.807) is 6.92 Å². The number of hydrogen-bond acceptors (Lipinski definition) is 4. The third kappa shape index (κ3) is 3.01. The van der Waals surface area contributed by atoms with Crippen LogP contribution in [-0.4, -0.2) is 41.0 Å². The lowest BCUT2D eigenvalue weighted by atomic mass is 10.1. The standard InChI is InChI=1S/C14H19N3O3/c1-9(13(18)17-6-2-3-7-17)16-12-8-10(14(19)20)4-5-11(12)15/h4-5,8-9,16H,2-3,6-7,15H2,1H3,(H,19,20). The highest BCUT2D eigenvalue weighted by Gasteiger charge is 2.23. The number of benzene rings is 1. The van der Waals surface area contributed by atoms with Crippen LogP contribution in [0.5, 0.6) is 0 Å². The summed E-state index contributed by atoms with van der Waals surface area (Å²) in [5.74, 6) is -1.01. The minimum atomic E-state index is -1.02. The van der Waals surface area contributed by atoms with Crippen LogP contribution >= 0.6 is 0 Å². The Morgan fingerprint density at radius 1 is 1.35 bits per heavy atom. The molecule has 0 aliphatic carbocycles. The summed E-state index contributed by atoms with van der Waals surface area (Å²) in [7, 11) is 0. The Morgan fingerprint density at radius 3 is 2.60 bits per heavy atom. The molecule has 1 aromatic rings. The zero-order valence-electron chi connectivity index (χ0n) is 11.4. The van der Waals surface area contributed by atoms with Crippen molar-refractivity contribution in [1.29, 1.82) is 0 Å². The zero-order valence-corrected chi connectivity index (χ0v) is 11.4. The molecular weight excluding hydrogens is 258 g/mol. The van der Waals surface area contributed by atoms with Crippen molar-refractivity contribution in [3.63, 3.8) is 0 Å². The summed E-state index contributed by atoms with van der Waals surface area (Å²) < 4.78 is 0. The van der Waals surface area contributed by atoms with Gasteiger partial charge in [0.05, 0.1) is 16.9 Å². The molecule has 1 atom stereocenters. The predicted octanol–water partition coefficient (Wildman–Crippen LogP) is 1.39. The maximum Gasteiger partial charge on any atom is 0.335 e. The number of nitrogens with one attached hydrogen (secondary N) is 1. The summed E-state index contributed by atoms with van der Waals surface area (Å²) in [5, 5.41) is 12.0. The van der Waals surface area contributed by atoms with Gasteiger partial charge >= 0.3 is 5.97 Å². The molecule has 4 N–H and O–H groups in total. The molecule has 1 amide bonds. The maximum absolute atomic E-state index is 12.2. The molecule has 1 heterocycles. The molecule has 1 saturated heterocycles. The van der Waals surface area contributed by atoms with Crippen molar-refractivity contribution in [3.05, 3.63) is 23.8 Å². The first kappa shape index (κ1) is 14.2. The van der Waals surface area contributed by atoms with E-state index in [4.69, 9.17) is 10.8 Å². The molecule has 6 heteroatoms. The Bertz CT molecular complexity index is 524. The molecule has 1 unspecified atom stereocenters. The van der Waals surface area contributed by atoms with Gasteiger partial charge in [-0.2, -0.15) is 0 Å². The lowest BCUT2D eigenvalue weighted by molar-refractivity contribution is -0.130. The van der Waals surface area contributed by atoms with Crippen LogP contribution in [0.15, 0.2) is 18.2 Å². The largest absolute Gasteiger partial charge is 0.478 e. The number of nitrogens with zero attached hydrogens (tertiary/aromatic N) is 1. The number of hydrogen-bond donors (Lipinski definition) is 3. The molecule has 1 aliphatic rings. The van der Waals surface area contributed by atoms with E-state index >= 15 is 0 Å². The van der Waals surface area contributed by atoms with Crippen molar-refractivity contribution in [2.24, 2.45) is 0 Å². The van der Waals surface area contributed by atoms with E-state index < -0.39 is 12.0 Å². The number of rotatable bonds is 4. The lowest BCUT2D eigenvalue weighted by Crippen LogP contribution is -2.39. The van der Waals surface area contributed by atoms with Crippen LogP contribution in [0.4, 0.5) is 11.4 Å². The van der Waals surface area contributed by atoms with Gasteiger partial charge in [0.25, 0.3) is 0 Å². The number of nitrogen functional groups attached to an aromatic ring is 1. The number of likely N-dealkylation sites (tertiary alicyclic amines) is 1. The Balaban J connectivity index is 2.10. The molecule has 0 spiro atoms. The van der Waals surface area contributed by atoms with E-state index in [0.29, 0.717) is 11.4 Å². The molecule has 1 aromatic carbocycles. The van der Waals surface area contributed by atoms with Crippen molar-refractivity contribution < 1.29 is 14.7 Å². The van der Waals surface area contributed by atoms with Crippen molar-refractivity contribution in [1.82, 2.24) is 4.90 Å². The fourth-order valence-electron chi connectivity index (χ4n) is 2.32. The molecule has 2 rings (SSSR count). The highest BCUT2D eigenvalue weighted by atomic mass is 16.4. The van der Waals surface area contributed by atoms with Gasteiger partial charge in [-0.3, -0.25) is 4.79 Å². The first-order chi connectivity index (χ1) is 9.49. The number of carboxylic acids is 1. The zero-order chi connectivity index (χ0) is 14.7. The van der Waals surface area contributed by atoms with E-state index in [1.807, 2.05) is 4.90 Å². The average Bonchev–Trinajstić information content (AvgIpc) is 2.94. The maximum atomic E-state index is 12.2. The molecule has 0 aromatic heterocycles. The summed E-state index contributed by atoms with van der Waals surface area (Å²) in [4.78, 5) is 24.9. The monoisotopic (exact) mass is 277 g/mol. The van der Waals surface area contributed by atoms with E-state index in [1.165, 1.54) is 18.2 Å². The lowest BCUT2D eigenvalue weighted by Gasteiger charge is -2.22. The topological polar surface area (TPSA) is 95.7 Å². The quantitative estimate of drug-likeness (QED) is 0.723. The second-order valence-electron chi connectivity index (χ2n) is 5.01. The summed E-state index contributed by atoms with van der Waals surface area (Å²) in [6.07, 6.45) is 2.07. The smallest absolute Gasteiger partial charge is 0.335 e. The van der Waals surface area contributed by atoms with Crippen LogP contribution in [-0.2, 0) is 4.79 Å². The third-order valence-corrected chi connectivity index (χ3v) is 3.46. The van der Waals surface area contributed by atoms with Gasteiger partial charge in [0.2, 0.25) is 5.91 Å². The Hall–Kier alpha value is -2.24. The van der Waals surface area contributed by atoms with Crippen molar-refractivity contribution in [3.8, 4) is 0 Å². The second-order valence-corrected chi connectivity index (χ2v) is 5.01.